The van der Waals surface area contributed by atoms with Gasteiger partial charge in [-0.3, -0.25) is 0 Å². The molecular formula is C23H34O8. The van der Waals surface area contributed by atoms with Crippen LogP contribution in [-0.4, -0.2) is 48.8 Å². The van der Waals surface area contributed by atoms with Gasteiger partial charge in [0.2, 0.25) is 0 Å². The standard InChI is InChI=1S/C23H34O8/c1-16(2)29-21(25)11-10-20(24)28-15-19(14-18-8-6-5-7-9-18)31-23(27)13-12-22(26)30-17(3)4/h10-13,16-19H,5-9,14-15H2,1-4H3/b11-10+,13-12+. The highest BCUT2D eigenvalue weighted by molar-refractivity contribution is 5.92. The second-order valence-electron chi connectivity index (χ2n) is 8.07. The molecule has 0 aromatic rings. The van der Waals surface area contributed by atoms with Gasteiger partial charge in [-0.2, -0.15) is 0 Å². The summed E-state index contributed by atoms with van der Waals surface area (Å²) in [6.45, 7) is 6.66. The van der Waals surface area contributed by atoms with Crippen LogP contribution in [0.3, 0.4) is 0 Å². The smallest absolute Gasteiger partial charge is 0.331 e. The molecule has 1 aliphatic carbocycles. The summed E-state index contributed by atoms with van der Waals surface area (Å²) >= 11 is 0. The number of carbonyl (C=O) groups is 4. The molecule has 1 aliphatic rings. The lowest BCUT2D eigenvalue weighted by Gasteiger charge is -2.26. The van der Waals surface area contributed by atoms with Crippen molar-refractivity contribution in [3.63, 3.8) is 0 Å². The topological polar surface area (TPSA) is 105 Å². The highest BCUT2D eigenvalue weighted by atomic mass is 16.6. The first-order chi connectivity index (χ1) is 14.7. The van der Waals surface area contributed by atoms with Crippen LogP contribution in [0.2, 0.25) is 0 Å². The molecule has 0 aliphatic heterocycles. The van der Waals surface area contributed by atoms with Crippen LogP contribution in [0.25, 0.3) is 0 Å². The Morgan fingerprint density at radius 2 is 1.16 bits per heavy atom. The molecule has 0 N–H and O–H groups in total. The third kappa shape index (κ3) is 13.3. The van der Waals surface area contributed by atoms with Crippen LogP contribution >= 0.6 is 0 Å². The maximum atomic E-state index is 12.1. The van der Waals surface area contributed by atoms with Crippen molar-refractivity contribution in [1.82, 2.24) is 0 Å². The molecule has 0 saturated heterocycles. The zero-order valence-corrected chi connectivity index (χ0v) is 18.8. The van der Waals surface area contributed by atoms with Crippen molar-refractivity contribution in [2.45, 2.75) is 84.5 Å². The van der Waals surface area contributed by atoms with Gasteiger partial charge in [-0.15, -0.1) is 0 Å². The predicted octanol–water partition coefficient (Wildman–Crippen LogP) is 3.43. The molecule has 1 saturated carbocycles. The molecule has 31 heavy (non-hydrogen) atoms. The largest absolute Gasteiger partial charge is 0.460 e. The van der Waals surface area contributed by atoms with Crippen LogP contribution in [0.5, 0.6) is 0 Å². The van der Waals surface area contributed by atoms with Gasteiger partial charge in [0.05, 0.1) is 12.2 Å². The van der Waals surface area contributed by atoms with Gasteiger partial charge >= 0.3 is 23.9 Å². The van der Waals surface area contributed by atoms with Gasteiger partial charge in [0.25, 0.3) is 0 Å². The van der Waals surface area contributed by atoms with E-state index in [1.165, 1.54) is 6.42 Å². The lowest BCUT2D eigenvalue weighted by molar-refractivity contribution is -0.154. The normalized spacial score (nSPS) is 15.9. The van der Waals surface area contributed by atoms with E-state index in [4.69, 9.17) is 18.9 Å². The fourth-order valence-electron chi connectivity index (χ4n) is 3.19. The van der Waals surface area contributed by atoms with E-state index in [9.17, 15) is 19.2 Å². The molecule has 0 radical (unpaired) electrons. The van der Waals surface area contributed by atoms with Gasteiger partial charge in [0.15, 0.2) is 0 Å². The number of ether oxygens (including phenoxy) is 4. The summed E-state index contributed by atoms with van der Waals surface area (Å²) in [7, 11) is 0. The minimum Gasteiger partial charge on any atom is -0.460 e. The zero-order valence-electron chi connectivity index (χ0n) is 18.8. The second-order valence-corrected chi connectivity index (χ2v) is 8.07. The fourth-order valence-corrected chi connectivity index (χ4v) is 3.19. The van der Waals surface area contributed by atoms with Crippen LogP contribution in [-0.2, 0) is 38.1 Å². The maximum absolute atomic E-state index is 12.1. The number of rotatable bonds is 11. The van der Waals surface area contributed by atoms with E-state index in [1.54, 1.807) is 27.7 Å². The van der Waals surface area contributed by atoms with Crippen molar-refractivity contribution in [3.8, 4) is 0 Å². The molecule has 8 heteroatoms. The van der Waals surface area contributed by atoms with Gasteiger partial charge in [0, 0.05) is 24.3 Å². The molecule has 0 heterocycles. The summed E-state index contributed by atoms with van der Waals surface area (Å²) in [6.07, 6.45) is 8.78. The van der Waals surface area contributed by atoms with Crippen LogP contribution in [0, 0.1) is 5.92 Å². The Morgan fingerprint density at radius 3 is 1.65 bits per heavy atom. The Balaban J connectivity index is 2.62. The second kappa shape index (κ2) is 14.4. The average molecular weight is 439 g/mol. The summed E-state index contributed by atoms with van der Waals surface area (Å²) in [5.41, 5.74) is 0. The van der Waals surface area contributed by atoms with Gasteiger partial charge in [-0.05, 0) is 40.0 Å². The van der Waals surface area contributed by atoms with Crippen molar-refractivity contribution in [1.29, 1.82) is 0 Å². The van der Waals surface area contributed by atoms with E-state index >= 15 is 0 Å². The fraction of sp³-hybridized carbons (Fsp3) is 0.652. The quantitative estimate of drug-likeness (QED) is 0.274. The Labute approximate surface area is 183 Å². The van der Waals surface area contributed by atoms with Crippen molar-refractivity contribution in [2.75, 3.05) is 6.61 Å². The van der Waals surface area contributed by atoms with E-state index in [0.29, 0.717) is 12.3 Å². The van der Waals surface area contributed by atoms with E-state index < -0.39 is 30.0 Å². The zero-order chi connectivity index (χ0) is 23.2. The van der Waals surface area contributed by atoms with Crippen molar-refractivity contribution in [3.05, 3.63) is 24.3 Å². The molecule has 0 amide bonds. The van der Waals surface area contributed by atoms with E-state index in [-0.39, 0.29) is 18.8 Å². The SMILES string of the molecule is CC(C)OC(=O)/C=C/C(=O)OCC(CC1CCCCC1)OC(=O)/C=C/C(=O)OC(C)C. The molecule has 8 nitrogen and oxygen atoms in total. The summed E-state index contributed by atoms with van der Waals surface area (Å²) in [6, 6.07) is 0. The number of esters is 4. The molecule has 0 aromatic carbocycles. The Morgan fingerprint density at radius 1 is 0.710 bits per heavy atom. The van der Waals surface area contributed by atoms with Crippen LogP contribution in [0.15, 0.2) is 24.3 Å². The Kier molecular flexibility index (Phi) is 12.2. The summed E-state index contributed by atoms with van der Waals surface area (Å²) < 4.78 is 20.4. The third-order valence-electron chi connectivity index (χ3n) is 4.43. The van der Waals surface area contributed by atoms with Crippen molar-refractivity contribution < 1.29 is 38.1 Å². The van der Waals surface area contributed by atoms with Gasteiger partial charge < -0.3 is 18.9 Å². The minimum atomic E-state index is -0.735. The first-order valence-electron chi connectivity index (χ1n) is 10.8. The number of carbonyl (C=O) groups excluding carboxylic acids is 4. The first kappa shape index (κ1) is 26.4. The van der Waals surface area contributed by atoms with Crippen molar-refractivity contribution >= 4 is 23.9 Å². The molecule has 1 rings (SSSR count). The number of hydrogen-bond donors (Lipinski definition) is 0. The van der Waals surface area contributed by atoms with Gasteiger partial charge in [-0.1, -0.05) is 32.1 Å². The van der Waals surface area contributed by atoms with Crippen LogP contribution in [0.1, 0.15) is 66.2 Å². The summed E-state index contributed by atoms with van der Waals surface area (Å²) in [5, 5.41) is 0. The molecule has 1 unspecified atom stereocenters. The average Bonchev–Trinajstić information content (AvgIpc) is 2.68. The lowest BCUT2D eigenvalue weighted by atomic mass is 9.85. The van der Waals surface area contributed by atoms with E-state index in [2.05, 4.69) is 0 Å². The van der Waals surface area contributed by atoms with Gasteiger partial charge in [0.1, 0.15) is 12.7 Å². The van der Waals surface area contributed by atoms with Crippen LogP contribution < -0.4 is 0 Å². The molecule has 0 bridgehead atoms. The molecule has 0 spiro atoms. The highest BCUT2D eigenvalue weighted by Gasteiger charge is 2.23. The summed E-state index contributed by atoms with van der Waals surface area (Å²) in [5.74, 6) is -2.36. The number of hydrogen-bond acceptors (Lipinski definition) is 8. The summed E-state index contributed by atoms with van der Waals surface area (Å²) in [4.78, 5) is 47.0. The maximum Gasteiger partial charge on any atom is 0.331 e. The van der Waals surface area contributed by atoms with E-state index in [1.807, 2.05) is 0 Å². The molecule has 1 atom stereocenters. The monoisotopic (exact) mass is 438 g/mol. The highest BCUT2D eigenvalue weighted by Crippen LogP contribution is 2.28. The Bertz CT molecular complexity index is 656. The van der Waals surface area contributed by atoms with E-state index in [0.717, 1.165) is 50.0 Å². The third-order valence-corrected chi connectivity index (χ3v) is 4.43. The van der Waals surface area contributed by atoms with Gasteiger partial charge in [-0.25, -0.2) is 19.2 Å². The minimum absolute atomic E-state index is 0.144. The first-order valence-corrected chi connectivity index (χ1v) is 10.8. The van der Waals surface area contributed by atoms with Crippen LogP contribution in [0.4, 0.5) is 0 Å². The Hall–Kier alpha value is -2.64. The molecular weight excluding hydrogens is 404 g/mol. The molecule has 174 valence electrons. The molecule has 0 aromatic heterocycles. The van der Waals surface area contributed by atoms with Crippen molar-refractivity contribution in [2.24, 2.45) is 5.92 Å². The lowest BCUT2D eigenvalue weighted by Crippen LogP contribution is -2.27. The predicted molar refractivity (Wildman–Crippen MR) is 113 cm³/mol. The molecule has 1 fully saturated rings.